The Kier molecular flexibility index (Phi) is 7.72. The molecule has 1 aromatic carbocycles. The zero-order valence-corrected chi connectivity index (χ0v) is 16.4. The summed E-state index contributed by atoms with van der Waals surface area (Å²) in [4.78, 5) is 9.39. The third kappa shape index (κ3) is 5.72. The normalized spacial score (nSPS) is 17.2. The monoisotopic (exact) mass is 345 g/mol. The Morgan fingerprint density at radius 3 is 2.32 bits per heavy atom. The van der Waals surface area contributed by atoms with Gasteiger partial charge < -0.3 is 20.9 Å². The van der Waals surface area contributed by atoms with Gasteiger partial charge in [-0.1, -0.05) is 32.0 Å². The first-order valence-corrected chi connectivity index (χ1v) is 9.61. The van der Waals surface area contributed by atoms with Gasteiger partial charge in [-0.05, 0) is 64.0 Å². The molecule has 0 atom stereocenters. The molecule has 2 rings (SSSR count). The number of benzene rings is 1. The highest BCUT2D eigenvalue weighted by molar-refractivity contribution is 5.93. The van der Waals surface area contributed by atoms with Crippen LogP contribution in [0.25, 0.3) is 0 Å². The highest BCUT2D eigenvalue weighted by Gasteiger charge is 2.19. The summed E-state index contributed by atoms with van der Waals surface area (Å²) in [7, 11) is 4.35. The second-order valence-electron chi connectivity index (χ2n) is 7.09. The van der Waals surface area contributed by atoms with E-state index in [2.05, 4.69) is 66.3 Å². The zero-order valence-electron chi connectivity index (χ0n) is 16.4. The summed E-state index contributed by atoms with van der Waals surface area (Å²) in [6.45, 7) is 8.39. The lowest BCUT2D eigenvalue weighted by Gasteiger charge is -2.34. The molecule has 0 aromatic heterocycles. The van der Waals surface area contributed by atoms with E-state index >= 15 is 0 Å². The van der Waals surface area contributed by atoms with Gasteiger partial charge in [0.2, 0.25) is 0 Å². The average molecular weight is 346 g/mol. The summed E-state index contributed by atoms with van der Waals surface area (Å²) in [6.07, 6.45) is 4.47. The molecule has 0 amide bonds. The molecule has 1 aromatic rings. The van der Waals surface area contributed by atoms with E-state index in [9.17, 15) is 0 Å². The van der Waals surface area contributed by atoms with Gasteiger partial charge >= 0.3 is 0 Å². The maximum Gasteiger partial charge on any atom is 0.193 e. The summed E-state index contributed by atoms with van der Waals surface area (Å²) in [5.41, 5.74) is 9.87. The van der Waals surface area contributed by atoms with Gasteiger partial charge in [0.25, 0.3) is 0 Å². The van der Waals surface area contributed by atoms with Crippen LogP contribution in [0, 0.1) is 0 Å². The Bertz CT molecular complexity index is 537. The van der Waals surface area contributed by atoms with E-state index in [1.165, 1.54) is 24.0 Å². The van der Waals surface area contributed by atoms with Crippen molar-refractivity contribution in [1.82, 2.24) is 9.80 Å². The van der Waals surface area contributed by atoms with E-state index in [4.69, 9.17) is 5.73 Å². The van der Waals surface area contributed by atoms with Gasteiger partial charge in [-0.15, -0.1) is 0 Å². The number of aryl methyl sites for hydroxylation is 2. The Labute approximate surface area is 153 Å². The van der Waals surface area contributed by atoms with Gasteiger partial charge in [0.1, 0.15) is 0 Å². The van der Waals surface area contributed by atoms with E-state index in [1.807, 2.05) is 0 Å². The summed E-state index contributed by atoms with van der Waals surface area (Å²) in [6, 6.07) is 7.16. The van der Waals surface area contributed by atoms with Gasteiger partial charge in [-0.3, -0.25) is 4.99 Å². The second kappa shape index (κ2) is 9.78. The average Bonchev–Trinajstić information content (AvgIpc) is 2.62. The number of nitrogens with two attached hydrogens (primary N) is 1. The van der Waals surface area contributed by atoms with Crippen molar-refractivity contribution in [2.45, 2.75) is 45.6 Å². The first-order valence-electron chi connectivity index (χ1n) is 9.61. The Morgan fingerprint density at radius 2 is 1.80 bits per heavy atom. The summed E-state index contributed by atoms with van der Waals surface area (Å²) in [5, 5.41) is 3.34. The number of hydrogen-bond donors (Lipinski definition) is 2. The number of hydrogen-bond acceptors (Lipinski definition) is 3. The molecule has 3 N–H and O–H groups in total. The molecule has 5 heteroatoms. The highest BCUT2D eigenvalue weighted by Crippen LogP contribution is 2.22. The van der Waals surface area contributed by atoms with Gasteiger partial charge in [0.05, 0.1) is 6.54 Å². The number of likely N-dealkylation sites (tertiary alicyclic amines) is 1. The minimum atomic E-state index is 0.527. The SMILES string of the molecule is CCc1cccc(CC)c1NC(N)=NCCN1CCC(N(C)C)CC1. The molecule has 140 valence electrons. The van der Waals surface area contributed by atoms with Crippen molar-refractivity contribution in [2.75, 3.05) is 45.6 Å². The van der Waals surface area contributed by atoms with Gasteiger partial charge in [0, 0.05) is 18.3 Å². The molecule has 1 saturated heterocycles. The van der Waals surface area contributed by atoms with Crippen molar-refractivity contribution in [3.8, 4) is 0 Å². The standard InChI is InChI=1S/C20H35N5/c1-5-16-8-7-9-17(6-2)19(16)23-20(21)22-12-15-25-13-10-18(11-14-25)24(3)4/h7-9,18H,5-6,10-15H2,1-4H3,(H3,21,22,23). The van der Waals surface area contributed by atoms with Crippen molar-refractivity contribution in [2.24, 2.45) is 10.7 Å². The maximum absolute atomic E-state index is 6.14. The van der Waals surface area contributed by atoms with Crippen molar-refractivity contribution in [1.29, 1.82) is 0 Å². The fourth-order valence-corrected chi connectivity index (χ4v) is 3.54. The Balaban J connectivity index is 1.85. The van der Waals surface area contributed by atoms with E-state index in [0.717, 1.165) is 50.7 Å². The second-order valence-corrected chi connectivity index (χ2v) is 7.09. The number of guanidine groups is 1. The minimum absolute atomic E-state index is 0.527. The lowest BCUT2D eigenvalue weighted by molar-refractivity contribution is 0.148. The topological polar surface area (TPSA) is 56.9 Å². The number of rotatable bonds is 7. The molecule has 25 heavy (non-hydrogen) atoms. The number of piperidine rings is 1. The summed E-state index contributed by atoms with van der Waals surface area (Å²) >= 11 is 0. The van der Waals surface area contributed by atoms with Crippen molar-refractivity contribution in [3.05, 3.63) is 29.3 Å². The van der Waals surface area contributed by atoms with E-state index in [-0.39, 0.29) is 0 Å². The fraction of sp³-hybridized carbons (Fsp3) is 0.650. The molecule has 0 radical (unpaired) electrons. The molecule has 1 heterocycles. The largest absolute Gasteiger partial charge is 0.370 e. The van der Waals surface area contributed by atoms with E-state index in [0.29, 0.717) is 5.96 Å². The first kappa shape index (κ1) is 19.7. The van der Waals surface area contributed by atoms with Crippen LogP contribution in [-0.4, -0.2) is 62.1 Å². The zero-order chi connectivity index (χ0) is 18.2. The molecule has 1 fully saturated rings. The van der Waals surface area contributed by atoms with Crippen LogP contribution in [0.15, 0.2) is 23.2 Å². The molecule has 1 aliphatic heterocycles. The quantitative estimate of drug-likeness (QED) is 0.589. The third-order valence-corrected chi connectivity index (χ3v) is 5.24. The number of aliphatic imine (C=N–C) groups is 1. The first-order chi connectivity index (χ1) is 12.0. The molecular formula is C20H35N5. The predicted octanol–water partition coefficient (Wildman–Crippen LogP) is 2.56. The molecule has 0 bridgehead atoms. The molecule has 0 aliphatic carbocycles. The Hall–Kier alpha value is -1.59. The van der Waals surface area contributed by atoms with Crippen molar-refractivity contribution < 1.29 is 0 Å². The Morgan fingerprint density at radius 1 is 1.20 bits per heavy atom. The van der Waals surface area contributed by atoms with Crippen LogP contribution in [0.4, 0.5) is 5.69 Å². The van der Waals surface area contributed by atoms with E-state index < -0.39 is 0 Å². The minimum Gasteiger partial charge on any atom is -0.370 e. The van der Waals surface area contributed by atoms with Gasteiger partial charge in [0.15, 0.2) is 5.96 Å². The molecule has 1 aliphatic rings. The van der Waals surface area contributed by atoms with Gasteiger partial charge in [-0.25, -0.2) is 0 Å². The van der Waals surface area contributed by atoms with Crippen LogP contribution in [0.2, 0.25) is 0 Å². The van der Waals surface area contributed by atoms with Crippen LogP contribution in [0.5, 0.6) is 0 Å². The predicted molar refractivity (Wildman–Crippen MR) is 108 cm³/mol. The number of nitrogens with one attached hydrogen (secondary N) is 1. The van der Waals surface area contributed by atoms with Crippen LogP contribution in [0.3, 0.4) is 0 Å². The van der Waals surface area contributed by atoms with Crippen LogP contribution >= 0.6 is 0 Å². The lowest BCUT2D eigenvalue weighted by atomic mass is 10.0. The maximum atomic E-state index is 6.14. The fourth-order valence-electron chi connectivity index (χ4n) is 3.54. The summed E-state index contributed by atoms with van der Waals surface area (Å²) in [5.74, 6) is 0.527. The van der Waals surface area contributed by atoms with Crippen LogP contribution in [0.1, 0.15) is 37.8 Å². The highest BCUT2D eigenvalue weighted by atomic mass is 15.2. The third-order valence-electron chi connectivity index (χ3n) is 5.24. The van der Waals surface area contributed by atoms with Crippen molar-refractivity contribution >= 4 is 11.6 Å². The smallest absolute Gasteiger partial charge is 0.193 e. The van der Waals surface area contributed by atoms with Crippen LogP contribution < -0.4 is 11.1 Å². The van der Waals surface area contributed by atoms with E-state index in [1.54, 1.807) is 0 Å². The molecule has 5 nitrogen and oxygen atoms in total. The lowest BCUT2D eigenvalue weighted by Crippen LogP contribution is -2.42. The number of para-hydroxylation sites is 1. The molecular weight excluding hydrogens is 310 g/mol. The molecule has 0 spiro atoms. The van der Waals surface area contributed by atoms with Crippen molar-refractivity contribution in [3.63, 3.8) is 0 Å². The number of nitrogens with zero attached hydrogens (tertiary/aromatic N) is 3. The summed E-state index contributed by atoms with van der Waals surface area (Å²) < 4.78 is 0. The number of anilines is 1. The van der Waals surface area contributed by atoms with Gasteiger partial charge in [-0.2, -0.15) is 0 Å². The molecule has 0 unspecified atom stereocenters. The molecule has 0 saturated carbocycles. The van der Waals surface area contributed by atoms with Crippen LogP contribution in [-0.2, 0) is 12.8 Å².